The molecule has 128 valence electrons. The molecule has 0 bridgehead atoms. The Bertz CT molecular complexity index is 920. The summed E-state index contributed by atoms with van der Waals surface area (Å²) >= 11 is 1.43. The van der Waals surface area contributed by atoms with Crippen molar-refractivity contribution in [2.75, 3.05) is 5.32 Å². The Morgan fingerprint density at radius 2 is 1.84 bits per heavy atom. The van der Waals surface area contributed by atoms with Crippen molar-refractivity contribution in [3.8, 4) is 11.3 Å². The SMILES string of the molecule is Cc1ccc(-c2nc(C)sc2CC(=O)Nc2ccc(F)cc2F)cc1. The summed E-state index contributed by atoms with van der Waals surface area (Å²) in [5, 5.41) is 3.33. The van der Waals surface area contributed by atoms with E-state index in [0.717, 1.165) is 38.8 Å². The van der Waals surface area contributed by atoms with Crippen molar-refractivity contribution in [1.29, 1.82) is 0 Å². The van der Waals surface area contributed by atoms with Gasteiger partial charge in [0, 0.05) is 16.5 Å². The summed E-state index contributed by atoms with van der Waals surface area (Å²) in [6, 6.07) is 11.0. The van der Waals surface area contributed by atoms with Crippen LogP contribution in [-0.4, -0.2) is 10.9 Å². The Hall–Kier alpha value is -2.60. The number of nitrogens with one attached hydrogen (secondary N) is 1. The van der Waals surface area contributed by atoms with E-state index in [0.29, 0.717) is 0 Å². The number of rotatable bonds is 4. The molecule has 0 aliphatic carbocycles. The lowest BCUT2D eigenvalue weighted by atomic mass is 10.1. The highest BCUT2D eigenvalue weighted by molar-refractivity contribution is 7.12. The van der Waals surface area contributed by atoms with Gasteiger partial charge in [-0.3, -0.25) is 4.79 Å². The molecule has 1 amide bonds. The highest BCUT2D eigenvalue weighted by Gasteiger charge is 2.16. The largest absolute Gasteiger partial charge is 0.323 e. The molecule has 1 N–H and O–H groups in total. The summed E-state index contributed by atoms with van der Waals surface area (Å²) in [6.07, 6.45) is 0.0749. The second-order valence-electron chi connectivity index (χ2n) is 5.72. The fourth-order valence-electron chi connectivity index (χ4n) is 2.46. The minimum absolute atomic E-state index is 0.0375. The number of nitrogens with zero attached hydrogens (tertiary/aromatic N) is 1. The van der Waals surface area contributed by atoms with Gasteiger partial charge in [0.1, 0.15) is 11.6 Å². The predicted molar refractivity (Wildman–Crippen MR) is 95.7 cm³/mol. The van der Waals surface area contributed by atoms with Gasteiger partial charge >= 0.3 is 0 Å². The van der Waals surface area contributed by atoms with E-state index in [1.54, 1.807) is 0 Å². The number of aryl methyl sites for hydroxylation is 2. The topological polar surface area (TPSA) is 42.0 Å². The number of aromatic nitrogens is 1. The quantitative estimate of drug-likeness (QED) is 0.722. The van der Waals surface area contributed by atoms with Crippen LogP contribution in [0.4, 0.5) is 14.5 Å². The van der Waals surface area contributed by atoms with Crippen LogP contribution in [0, 0.1) is 25.5 Å². The van der Waals surface area contributed by atoms with E-state index >= 15 is 0 Å². The molecule has 0 aliphatic heterocycles. The number of carbonyl (C=O) groups excluding carboxylic acids is 1. The van der Waals surface area contributed by atoms with Crippen LogP contribution in [0.2, 0.25) is 0 Å². The van der Waals surface area contributed by atoms with Crippen LogP contribution in [-0.2, 0) is 11.2 Å². The van der Waals surface area contributed by atoms with Crippen LogP contribution in [0.25, 0.3) is 11.3 Å². The van der Waals surface area contributed by atoms with Gasteiger partial charge in [-0.1, -0.05) is 29.8 Å². The number of hydrogen-bond donors (Lipinski definition) is 1. The number of benzene rings is 2. The smallest absolute Gasteiger partial charge is 0.229 e. The first-order chi connectivity index (χ1) is 11.9. The van der Waals surface area contributed by atoms with Crippen molar-refractivity contribution >= 4 is 22.9 Å². The minimum atomic E-state index is -0.799. The van der Waals surface area contributed by atoms with Crippen molar-refractivity contribution in [1.82, 2.24) is 4.98 Å². The van der Waals surface area contributed by atoms with Gasteiger partial charge in [-0.25, -0.2) is 13.8 Å². The Kier molecular flexibility index (Phi) is 4.90. The lowest BCUT2D eigenvalue weighted by Gasteiger charge is -2.07. The predicted octanol–water partition coefficient (Wildman–Crippen LogP) is 4.89. The van der Waals surface area contributed by atoms with Crippen molar-refractivity contribution in [2.24, 2.45) is 0 Å². The number of thiazole rings is 1. The first-order valence-corrected chi connectivity index (χ1v) is 8.52. The van der Waals surface area contributed by atoms with E-state index in [1.807, 2.05) is 38.1 Å². The molecule has 0 aliphatic rings. The average molecular weight is 358 g/mol. The zero-order valence-corrected chi connectivity index (χ0v) is 14.6. The van der Waals surface area contributed by atoms with Gasteiger partial charge in [0.2, 0.25) is 5.91 Å². The molecule has 0 radical (unpaired) electrons. The number of halogens is 2. The Morgan fingerprint density at radius 3 is 2.52 bits per heavy atom. The van der Waals surface area contributed by atoms with E-state index in [2.05, 4.69) is 10.3 Å². The van der Waals surface area contributed by atoms with Gasteiger partial charge in [-0.2, -0.15) is 0 Å². The van der Waals surface area contributed by atoms with Gasteiger partial charge in [0.05, 0.1) is 22.8 Å². The van der Waals surface area contributed by atoms with Gasteiger partial charge in [0.15, 0.2) is 0 Å². The fourth-order valence-corrected chi connectivity index (χ4v) is 3.41. The minimum Gasteiger partial charge on any atom is -0.323 e. The van der Waals surface area contributed by atoms with Gasteiger partial charge in [0.25, 0.3) is 0 Å². The zero-order valence-electron chi connectivity index (χ0n) is 13.8. The number of hydrogen-bond acceptors (Lipinski definition) is 3. The Morgan fingerprint density at radius 1 is 1.12 bits per heavy atom. The van der Waals surface area contributed by atoms with Crippen molar-refractivity contribution in [2.45, 2.75) is 20.3 Å². The number of anilines is 1. The molecular weight excluding hydrogens is 342 g/mol. The first-order valence-electron chi connectivity index (χ1n) is 7.70. The second-order valence-corrected chi connectivity index (χ2v) is 7.01. The normalized spacial score (nSPS) is 10.7. The van der Waals surface area contributed by atoms with Crippen LogP contribution in [0.15, 0.2) is 42.5 Å². The number of carbonyl (C=O) groups is 1. The second kappa shape index (κ2) is 7.11. The average Bonchev–Trinajstić information content (AvgIpc) is 2.91. The summed E-state index contributed by atoms with van der Waals surface area (Å²) < 4.78 is 26.6. The molecule has 3 aromatic rings. The third-order valence-corrected chi connectivity index (χ3v) is 4.63. The summed E-state index contributed by atoms with van der Waals surface area (Å²) in [5.41, 5.74) is 2.80. The number of amides is 1. The van der Waals surface area contributed by atoms with E-state index < -0.39 is 11.6 Å². The van der Waals surface area contributed by atoms with Crippen LogP contribution in [0.5, 0.6) is 0 Å². The van der Waals surface area contributed by atoms with E-state index in [1.165, 1.54) is 17.4 Å². The summed E-state index contributed by atoms with van der Waals surface area (Å²) in [5.74, 6) is -1.86. The third kappa shape index (κ3) is 4.09. The van der Waals surface area contributed by atoms with Gasteiger partial charge in [-0.15, -0.1) is 11.3 Å². The molecule has 25 heavy (non-hydrogen) atoms. The van der Waals surface area contributed by atoms with Crippen molar-refractivity contribution in [3.05, 3.63) is 69.5 Å². The highest BCUT2D eigenvalue weighted by Crippen LogP contribution is 2.29. The van der Waals surface area contributed by atoms with Gasteiger partial charge in [-0.05, 0) is 26.0 Å². The van der Waals surface area contributed by atoms with Crippen LogP contribution in [0.1, 0.15) is 15.4 Å². The highest BCUT2D eigenvalue weighted by atomic mass is 32.1. The molecule has 0 spiro atoms. The van der Waals surface area contributed by atoms with E-state index in [4.69, 9.17) is 0 Å². The molecule has 3 nitrogen and oxygen atoms in total. The maximum Gasteiger partial charge on any atom is 0.229 e. The monoisotopic (exact) mass is 358 g/mol. The van der Waals surface area contributed by atoms with Crippen molar-refractivity contribution in [3.63, 3.8) is 0 Å². The molecule has 0 atom stereocenters. The van der Waals surface area contributed by atoms with Crippen LogP contribution >= 0.6 is 11.3 Å². The van der Waals surface area contributed by atoms with E-state index in [-0.39, 0.29) is 18.0 Å². The maximum absolute atomic E-state index is 13.7. The Labute approximate surface area is 148 Å². The fraction of sp³-hybridized carbons (Fsp3) is 0.158. The standard InChI is InChI=1S/C19H16F2N2OS/c1-11-3-5-13(6-4-11)19-17(25-12(2)22-19)10-18(24)23-16-8-7-14(20)9-15(16)21/h3-9H,10H2,1-2H3,(H,23,24). The van der Waals surface area contributed by atoms with Crippen LogP contribution < -0.4 is 5.32 Å². The molecule has 2 aromatic carbocycles. The zero-order chi connectivity index (χ0) is 18.0. The summed E-state index contributed by atoms with van der Waals surface area (Å²) in [4.78, 5) is 17.6. The molecule has 0 saturated carbocycles. The molecule has 3 rings (SSSR count). The molecule has 0 unspecified atom stereocenters. The van der Waals surface area contributed by atoms with Gasteiger partial charge < -0.3 is 5.32 Å². The Balaban J connectivity index is 1.81. The van der Waals surface area contributed by atoms with Crippen molar-refractivity contribution < 1.29 is 13.6 Å². The molecule has 6 heteroatoms. The lowest BCUT2D eigenvalue weighted by Crippen LogP contribution is -2.15. The third-order valence-electron chi connectivity index (χ3n) is 3.66. The summed E-state index contributed by atoms with van der Waals surface area (Å²) in [6.45, 7) is 3.88. The summed E-state index contributed by atoms with van der Waals surface area (Å²) in [7, 11) is 0. The molecule has 0 saturated heterocycles. The molecule has 0 fully saturated rings. The molecule has 1 aromatic heterocycles. The molecular formula is C19H16F2N2OS. The maximum atomic E-state index is 13.7. The van der Waals surface area contributed by atoms with Crippen LogP contribution in [0.3, 0.4) is 0 Å². The first kappa shape index (κ1) is 17.2. The molecule has 1 heterocycles. The van der Waals surface area contributed by atoms with E-state index in [9.17, 15) is 13.6 Å². The lowest BCUT2D eigenvalue weighted by molar-refractivity contribution is -0.115.